The Balaban J connectivity index is 1.83. The highest BCUT2D eigenvalue weighted by Gasteiger charge is 2.29. The molecule has 1 aliphatic rings. The summed E-state index contributed by atoms with van der Waals surface area (Å²) in [7, 11) is -1.02. The molecule has 1 fully saturated rings. The van der Waals surface area contributed by atoms with Crippen molar-refractivity contribution >= 4 is 27.6 Å². The first-order valence-electron chi connectivity index (χ1n) is 7.28. The highest BCUT2D eigenvalue weighted by molar-refractivity contribution is 7.87. The van der Waals surface area contributed by atoms with Gasteiger partial charge in [0.2, 0.25) is 0 Å². The Labute approximate surface area is 131 Å². The van der Waals surface area contributed by atoms with Crippen LogP contribution >= 0.6 is 0 Å². The fourth-order valence-electron chi connectivity index (χ4n) is 2.50. The van der Waals surface area contributed by atoms with E-state index in [2.05, 4.69) is 14.7 Å². The topological polar surface area (TPSA) is 54.9 Å². The maximum absolute atomic E-state index is 12.1. The molecule has 0 spiro atoms. The molecule has 1 atom stereocenters. The van der Waals surface area contributed by atoms with E-state index in [0.717, 1.165) is 40.6 Å². The van der Waals surface area contributed by atoms with Crippen molar-refractivity contribution in [1.29, 1.82) is 0 Å². The highest BCUT2D eigenvalue weighted by Crippen LogP contribution is 2.33. The summed E-state index contributed by atoms with van der Waals surface area (Å²) in [6.07, 6.45) is 7.45. The van der Waals surface area contributed by atoms with Crippen LogP contribution in [0.1, 0.15) is 12.8 Å². The number of hydrogen-bond acceptors (Lipinski definition) is 3. The van der Waals surface area contributed by atoms with Crippen molar-refractivity contribution in [3.8, 4) is 11.1 Å². The van der Waals surface area contributed by atoms with Gasteiger partial charge in [0.05, 0.1) is 16.5 Å². The first-order chi connectivity index (χ1) is 10.8. The number of nitrogens with one attached hydrogen (secondary N) is 1. The lowest BCUT2D eigenvalue weighted by Crippen LogP contribution is -2.09. The van der Waals surface area contributed by atoms with E-state index in [9.17, 15) is 4.21 Å². The van der Waals surface area contributed by atoms with Crippen molar-refractivity contribution in [2.24, 2.45) is 0 Å². The molecule has 0 bridgehead atoms. The second kappa shape index (κ2) is 5.50. The number of anilines is 1. The predicted octanol–water partition coefficient (Wildman–Crippen LogP) is 3.53. The van der Waals surface area contributed by atoms with E-state index in [4.69, 9.17) is 0 Å². The minimum Gasteiger partial charge on any atom is -0.303 e. The molecule has 5 heteroatoms. The number of fused-ring (bicyclic) bond motifs is 1. The third-order valence-electron chi connectivity index (χ3n) is 3.78. The lowest BCUT2D eigenvalue weighted by Gasteiger charge is -2.11. The molecule has 110 valence electrons. The van der Waals surface area contributed by atoms with Crippen LogP contribution in [0.3, 0.4) is 0 Å². The van der Waals surface area contributed by atoms with Crippen molar-refractivity contribution in [2.75, 3.05) is 4.72 Å². The Kier molecular flexibility index (Phi) is 3.35. The molecule has 1 N–H and O–H groups in total. The molecule has 1 aliphatic carbocycles. The number of benzene rings is 1. The van der Waals surface area contributed by atoms with E-state index < -0.39 is 11.0 Å². The van der Waals surface area contributed by atoms with Gasteiger partial charge in [0.25, 0.3) is 0 Å². The Morgan fingerprint density at radius 2 is 1.95 bits per heavy atom. The molecular weight excluding hydrogens is 294 g/mol. The smallest absolute Gasteiger partial charge is 0.120 e. The zero-order valence-electron chi connectivity index (χ0n) is 11.9. The summed E-state index contributed by atoms with van der Waals surface area (Å²) in [6, 6.07) is 11.9. The average molecular weight is 309 g/mol. The van der Waals surface area contributed by atoms with Gasteiger partial charge in [0, 0.05) is 29.5 Å². The highest BCUT2D eigenvalue weighted by atomic mass is 32.2. The third-order valence-corrected chi connectivity index (χ3v) is 5.28. The molecule has 0 saturated heterocycles. The number of rotatable bonds is 4. The van der Waals surface area contributed by atoms with Gasteiger partial charge in [0.1, 0.15) is 11.0 Å². The summed E-state index contributed by atoms with van der Waals surface area (Å²) >= 11 is 0. The van der Waals surface area contributed by atoms with Crippen LogP contribution in [0.4, 0.5) is 5.69 Å². The zero-order chi connectivity index (χ0) is 14.9. The molecular formula is C17H15N3OS. The van der Waals surface area contributed by atoms with Crippen molar-refractivity contribution in [3.63, 3.8) is 0 Å². The van der Waals surface area contributed by atoms with Gasteiger partial charge in [-0.1, -0.05) is 18.2 Å². The van der Waals surface area contributed by atoms with Gasteiger partial charge in [-0.3, -0.25) is 9.97 Å². The van der Waals surface area contributed by atoms with E-state index in [0.29, 0.717) is 0 Å². The lowest BCUT2D eigenvalue weighted by atomic mass is 10.0. The van der Waals surface area contributed by atoms with Crippen molar-refractivity contribution in [1.82, 2.24) is 9.97 Å². The van der Waals surface area contributed by atoms with Gasteiger partial charge in [-0.2, -0.15) is 0 Å². The van der Waals surface area contributed by atoms with Crippen molar-refractivity contribution < 1.29 is 4.21 Å². The molecule has 1 aromatic carbocycles. The van der Waals surface area contributed by atoms with Crippen LogP contribution in [0.2, 0.25) is 0 Å². The van der Waals surface area contributed by atoms with E-state index in [1.807, 2.05) is 42.6 Å². The summed E-state index contributed by atoms with van der Waals surface area (Å²) in [5.74, 6) is 0. The third kappa shape index (κ3) is 2.48. The van der Waals surface area contributed by atoms with E-state index in [1.54, 1.807) is 12.4 Å². The minimum atomic E-state index is -1.02. The minimum absolute atomic E-state index is 0.289. The summed E-state index contributed by atoms with van der Waals surface area (Å²) in [5, 5.41) is 1.32. The second-order valence-corrected chi connectivity index (χ2v) is 6.87. The van der Waals surface area contributed by atoms with Crippen molar-refractivity contribution in [3.05, 3.63) is 55.0 Å². The van der Waals surface area contributed by atoms with E-state index in [1.165, 1.54) is 0 Å². The lowest BCUT2D eigenvalue weighted by molar-refractivity contribution is 0.685. The Morgan fingerprint density at radius 3 is 2.73 bits per heavy atom. The standard InChI is InChI=1S/C17H15N3OS/c21-22(13-5-6-13)20-16-8-7-14(12-3-1-9-18-11-12)15-4-2-10-19-17(15)16/h1-4,7-11,13,20H,5-6H2. The molecule has 1 saturated carbocycles. The SMILES string of the molecule is O=S(Nc1ccc(-c2cccnc2)c2cccnc12)C1CC1. The first kappa shape index (κ1) is 13.4. The zero-order valence-corrected chi connectivity index (χ0v) is 12.7. The fraction of sp³-hybridized carbons (Fsp3) is 0.176. The second-order valence-electron chi connectivity index (χ2n) is 5.40. The molecule has 2 heterocycles. The van der Waals surface area contributed by atoms with Crippen LogP contribution in [0.25, 0.3) is 22.0 Å². The molecule has 2 aromatic heterocycles. The Bertz CT molecular complexity index is 847. The van der Waals surface area contributed by atoms with Gasteiger partial charge >= 0.3 is 0 Å². The van der Waals surface area contributed by atoms with Crippen LogP contribution < -0.4 is 4.72 Å². The number of hydrogen-bond donors (Lipinski definition) is 1. The van der Waals surface area contributed by atoms with Gasteiger partial charge in [-0.15, -0.1) is 0 Å². The Hall–Kier alpha value is -2.27. The molecule has 4 rings (SSSR count). The normalized spacial score (nSPS) is 15.6. The molecule has 0 amide bonds. The molecule has 3 aromatic rings. The van der Waals surface area contributed by atoms with Gasteiger partial charge in [0.15, 0.2) is 0 Å². The van der Waals surface area contributed by atoms with Gasteiger partial charge in [-0.25, -0.2) is 4.21 Å². The quantitative estimate of drug-likeness (QED) is 0.802. The molecule has 0 aliphatic heterocycles. The summed E-state index contributed by atoms with van der Waals surface area (Å²) in [5.41, 5.74) is 3.81. The van der Waals surface area contributed by atoms with Crippen LogP contribution in [0.15, 0.2) is 55.0 Å². The Morgan fingerprint density at radius 1 is 1.09 bits per heavy atom. The summed E-state index contributed by atoms with van der Waals surface area (Å²) in [6.45, 7) is 0. The predicted molar refractivity (Wildman–Crippen MR) is 89.8 cm³/mol. The van der Waals surface area contributed by atoms with Gasteiger partial charge < -0.3 is 4.72 Å². The maximum atomic E-state index is 12.1. The summed E-state index contributed by atoms with van der Waals surface area (Å²) in [4.78, 5) is 8.67. The monoisotopic (exact) mass is 309 g/mol. The van der Waals surface area contributed by atoms with E-state index in [-0.39, 0.29) is 5.25 Å². The maximum Gasteiger partial charge on any atom is 0.120 e. The first-order valence-corrected chi connectivity index (χ1v) is 8.49. The molecule has 22 heavy (non-hydrogen) atoms. The molecule has 1 unspecified atom stereocenters. The van der Waals surface area contributed by atoms with Crippen LogP contribution in [-0.2, 0) is 11.0 Å². The van der Waals surface area contributed by atoms with Crippen LogP contribution in [0.5, 0.6) is 0 Å². The number of pyridine rings is 2. The average Bonchev–Trinajstić information content (AvgIpc) is 3.41. The van der Waals surface area contributed by atoms with Crippen LogP contribution in [0, 0.1) is 0 Å². The molecule has 4 nitrogen and oxygen atoms in total. The van der Waals surface area contributed by atoms with Gasteiger partial charge in [-0.05, 0) is 36.6 Å². The molecule has 0 radical (unpaired) electrons. The number of nitrogens with zero attached hydrogens (tertiary/aromatic N) is 2. The van der Waals surface area contributed by atoms with Crippen LogP contribution in [-0.4, -0.2) is 19.4 Å². The fourth-order valence-corrected chi connectivity index (χ4v) is 3.62. The van der Waals surface area contributed by atoms with E-state index >= 15 is 0 Å². The largest absolute Gasteiger partial charge is 0.303 e. The number of aromatic nitrogens is 2. The summed E-state index contributed by atoms with van der Waals surface area (Å²) < 4.78 is 15.3. The van der Waals surface area contributed by atoms with Crippen molar-refractivity contribution in [2.45, 2.75) is 18.1 Å².